The molecule has 2 aromatic rings. The van der Waals surface area contributed by atoms with Crippen molar-refractivity contribution in [2.24, 2.45) is 0 Å². The molecule has 0 aliphatic heterocycles. The smallest absolute Gasteiger partial charge is 0.490 e. The maximum Gasteiger partial charge on any atom is 0.550 e. The van der Waals surface area contributed by atoms with Gasteiger partial charge in [-0.3, -0.25) is 0 Å². The fourth-order valence-electron chi connectivity index (χ4n) is 1.72. The molecule has 0 amide bonds. The van der Waals surface area contributed by atoms with Gasteiger partial charge in [0.15, 0.2) is 0 Å². The van der Waals surface area contributed by atoms with Crippen LogP contribution < -0.4 is 9.47 Å². The maximum absolute atomic E-state index is 11.2. The summed E-state index contributed by atoms with van der Waals surface area (Å²) in [5.74, 6) is 1.28. The zero-order chi connectivity index (χ0) is 18.5. The van der Waals surface area contributed by atoms with Crippen LogP contribution in [0.15, 0.2) is 60.7 Å². The van der Waals surface area contributed by atoms with Gasteiger partial charge in [-0.25, -0.2) is 0 Å². The molecule has 26 heavy (non-hydrogen) atoms. The maximum atomic E-state index is 11.2. The molecule has 0 aliphatic carbocycles. The van der Waals surface area contributed by atoms with Crippen LogP contribution in [0.3, 0.4) is 0 Å². The molecular formula is C18H18O8. The van der Waals surface area contributed by atoms with Gasteiger partial charge in [0.25, 0.3) is 0 Å². The van der Waals surface area contributed by atoms with E-state index in [0.29, 0.717) is 11.5 Å². The molecular weight excluding hydrogens is 344 g/mol. The predicted octanol–water partition coefficient (Wildman–Crippen LogP) is 3.37. The van der Waals surface area contributed by atoms with Gasteiger partial charge in [-0.15, -0.1) is 0 Å². The quantitative estimate of drug-likeness (QED) is 0.306. The highest BCUT2D eigenvalue weighted by molar-refractivity contribution is 5.63. The van der Waals surface area contributed by atoms with Gasteiger partial charge in [-0.05, 0) is 24.3 Å². The Morgan fingerprint density at radius 2 is 0.962 bits per heavy atom. The first kappa shape index (κ1) is 18.9. The molecule has 0 saturated carbocycles. The van der Waals surface area contributed by atoms with E-state index in [4.69, 9.17) is 9.47 Å². The Morgan fingerprint density at radius 3 is 1.35 bits per heavy atom. The lowest BCUT2D eigenvalue weighted by atomic mass is 10.3. The summed E-state index contributed by atoms with van der Waals surface area (Å²) in [6.07, 6.45) is -2.36. The number of ether oxygens (including phenoxy) is 4. The summed E-state index contributed by atoms with van der Waals surface area (Å²) in [6.45, 7) is 0.106. The SMILES string of the molecule is O=C(OCCOc1ccccc1)OOC(=O)OCCOc1ccccc1. The van der Waals surface area contributed by atoms with E-state index in [9.17, 15) is 9.59 Å². The standard InChI is InChI=1S/C18H18O8/c19-17(23-13-11-21-15-7-3-1-4-8-15)25-26-18(20)24-14-12-22-16-9-5-2-6-10-16/h1-10H,11-14H2. The Morgan fingerprint density at radius 1 is 0.577 bits per heavy atom. The van der Waals surface area contributed by atoms with Crippen LogP contribution in [0, 0.1) is 0 Å². The molecule has 0 aliphatic rings. The van der Waals surface area contributed by atoms with Crippen LogP contribution in [0.2, 0.25) is 0 Å². The van der Waals surface area contributed by atoms with Gasteiger partial charge in [0.1, 0.15) is 37.9 Å². The van der Waals surface area contributed by atoms with Crippen LogP contribution >= 0.6 is 0 Å². The summed E-state index contributed by atoms with van der Waals surface area (Å²) in [6, 6.07) is 18.0. The van der Waals surface area contributed by atoms with Crippen molar-refractivity contribution in [3.05, 3.63) is 60.7 Å². The number of hydrogen-bond acceptors (Lipinski definition) is 8. The minimum Gasteiger partial charge on any atom is -0.490 e. The molecule has 2 rings (SSSR count). The molecule has 0 saturated heterocycles. The summed E-state index contributed by atoms with van der Waals surface area (Å²) < 4.78 is 19.9. The first-order valence-electron chi connectivity index (χ1n) is 7.78. The van der Waals surface area contributed by atoms with E-state index in [2.05, 4.69) is 19.2 Å². The summed E-state index contributed by atoms with van der Waals surface area (Å²) >= 11 is 0. The molecule has 0 bridgehead atoms. The van der Waals surface area contributed by atoms with Crippen molar-refractivity contribution in [2.75, 3.05) is 26.4 Å². The van der Waals surface area contributed by atoms with Crippen molar-refractivity contribution in [3.63, 3.8) is 0 Å². The predicted molar refractivity (Wildman–Crippen MR) is 88.7 cm³/mol. The molecule has 138 valence electrons. The van der Waals surface area contributed by atoms with Crippen LogP contribution in [0.5, 0.6) is 11.5 Å². The Labute approximate surface area is 150 Å². The fraction of sp³-hybridized carbons (Fsp3) is 0.222. The monoisotopic (exact) mass is 362 g/mol. The lowest BCUT2D eigenvalue weighted by Crippen LogP contribution is -2.18. The number of rotatable bonds is 8. The second-order valence-corrected chi connectivity index (χ2v) is 4.69. The van der Waals surface area contributed by atoms with Crippen LogP contribution in [0.4, 0.5) is 9.59 Å². The van der Waals surface area contributed by atoms with Gasteiger partial charge in [-0.2, -0.15) is 19.4 Å². The second-order valence-electron chi connectivity index (χ2n) is 4.69. The molecule has 0 fully saturated rings. The van der Waals surface area contributed by atoms with Crippen LogP contribution in [0.1, 0.15) is 0 Å². The Kier molecular flexibility index (Phi) is 8.14. The molecule has 0 spiro atoms. The molecule has 0 unspecified atom stereocenters. The average Bonchev–Trinajstić information content (AvgIpc) is 2.68. The molecule has 2 aromatic carbocycles. The average molecular weight is 362 g/mol. The highest BCUT2D eigenvalue weighted by Gasteiger charge is 2.12. The number of carbonyl (C=O) groups excluding carboxylic acids is 2. The molecule has 0 aromatic heterocycles. The van der Waals surface area contributed by atoms with Crippen molar-refractivity contribution in [1.82, 2.24) is 0 Å². The van der Waals surface area contributed by atoms with Crippen LogP contribution in [-0.4, -0.2) is 38.7 Å². The van der Waals surface area contributed by atoms with E-state index in [0.717, 1.165) is 0 Å². The lowest BCUT2D eigenvalue weighted by molar-refractivity contribution is -0.218. The first-order valence-corrected chi connectivity index (χ1v) is 7.78. The zero-order valence-electron chi connectivity index (χ0n) is 13.9. The zero-order valence-corrected chi connectivity index (χ0v) is 13.9. The summed E-state index contributed by atoms with van der Waals surface area (Å²) in [7, 11) is 0. The van der Waals surface area contributed by atoms with Crippen molar-refractivity contribution in [1.29, 1.82) is 0 Å². The fourth-order valence-corrected chi connectivity index (χ4v) is 1.72. The molecule has 0 atom stereocenters. The number of hydrogen-bond donors (Lipinski definition) is 0. The van der Waals surface area contributed by atoms with E-state index < -0.39 is 12.3 Å². The van der Waals surface area contributed by atoms with Gasteiger partial charge in [0.2, 0.25) is 0 Å². The van der Waals surface area contributed by atoms with Crippen LogP contribution in [0.25, 0.3) is 0 Å². The molecule has 0 radical (unpaired) electrons. The molecule has 8 heteroatoms. The number of carbonyl (C=O) groups is 2. The highest BCUT2D eigenvalue weighted by atomic mass is 17.3. The Bertz CT molecular complexity index is 600. The van der Waals surface area contributed by atoms with Gasteiger partial charge < -0.3 is 18.9 Å². The van der Waals surface area contributed by atoms with E-state index in [1.165, 1.54) is 0 Å². The summed E-state index contributed by atoms with van der Waals surface area (Å²) in [5.41, 5.74) is 0. The van der Waals surface area contributed by atoms with Gasteiger partial charge in [-0.1, -0.05) is 36.4 Å². The summed E-state index contributed by atoms with van der Waals surface area (Å²) in [4.78, 5) is 30.7. The molecule has 0 N–H and O–H groups in total. The lowest BCUT2D eigenvalue weighted by Gasteiger charge is -2.07. The van der Waals surface area contributed by atoms with Crippen molar-refractivity contribution >= 4 is 12.3 Å². The van der Waals surface area contributed by atoms with E-state index in [1.807, 2.05) is 36.4 Å². The topological polar surface area (TPSA) is 89.5 Å². The molecule has 8 nitrogen and oxygen atoms in total. The summed E-state index contributed by atoms with van der Waals surface area (Å²) in [5, 5.41) is 0. The number of benzene rings is 2. The normalized spacial score (nSPS) is 9.69. The Balaban J connectivity index is 1.47. The Hall–Kier alpha value is -3.42. The van der Waals surface area contributed by atoms with Crippen molar-refractivity contribution < 1.29 is 38.3 Å². The van der Waals surface area contributed by atoms with Crippen molar-refractivity contribution in [2.45, 2.75) is 0 Å². The van der Waals surface area contributed by atoms with E-state index in [1.54, 1.807) is 24.3 Å². The van der Waals surface area contributed by atoms with E-state index >= 15 is 0 Å². The minimum absolute atomic E-state index is 0.0724. The number of para-hydroxylation sites is 2. The van der Waals surface area contributed by atoms with Gasteiger partial charge >= 0.3 is 12.3 Å². The minimum atomic E-state index is -1.18. The van der Waals surface area contributed by atoms with E-state index in [-0.39, 0.29) is 26.4 Å². The third kappa shape index (κ3) is 7.91. The van der Waals surface area contributed by atoms with Gasteiger partial charge in [0, 0.05) is 0 Å². The van der Waals surface area contributed by atoms with Gasteiger partial charge in [0.05, 0.1) is 0 Å². The van der Waals surface area contributed by atoms with Crippen LogP contribution in [-0.2, 0) is 19.2 Å². The largest absolute Gasteiger partial charge is 0.550 e. The molecule has 0 heterocycles. The third-order valence-electron chi connectivity index (χ3n) is 2.81. The van der Waals surface area contributed by atoms with Crippen molar-refractivity contribution in [3.8, 4) is 11.5 Å². The third-order valence-corrected chi connectivity index (χ3v) is 2.81. The first-order chi connectivity index (χ1) is 12.7. The second kappa shape index (κ2) is 11.2. The highest BCUT2D eigenvalue weighted by Crippen LogP contribution is 2.08.